The standard InChI is InChI=1S/C15H34N2/c1-8-13(9-2)11-17(10-3)12-14(16-7)15(4,5)6/h13-14,16H,8-12H2,1-7H3. The highest BCUT2D eigenvalue weighted by atomic mass is 15.1. The number of hydrogen-bond acceptors (Lipinski definition) is 2. The second-order valence-electron chi connectivity index (χ2n) is 6.24. The lowest BCUT2D eigenvalue weighted by molar-refractivity contribution is 0.163. The SMILES string of the molecule is CCC(CC)CN(CC)CC(NC)C(C)(C)C. The molecule has 0 saturated carbocycles. The van der Waals surface area contributed by atoms with Gasteiger partial charge in [0.05, 0.1) is 0 Å². The third-order valence-corrected chi connectivity index (χ3v) is 3.95. The lowest BCUT2D eigenvalue weighted by atomic mass is 9.86. The highest BCUT2D eigenvalue weighted by Crippen LogP contribution is 2.20. The second-order valence-corrected chi connectivity index (χ2v) is 6.24. The van der Waals surface area contributed by atoms with Gasteiger partial charge in [-0.05, 0) is 24.9 Å². The Labute approximate surface area is 109 Å². The van der Waals surface area contributed by atoms with Gasteiger partial charge in [-0.1, -0.05) is 54.4 Å². The lowest BCUT2D eigenvalue weighted by Crippen LogP contribution is -2.48. The zero-order valence-corrected chi connectivity index (χ0v) is 13.1. The fraction of sp³-hybridized carbons (Fsp3) is 1.00. The quantitative estimate of drug-likeness (QED) is 0.702. The van der Waals surface area contributed by atoms with Crippen LogP contribution in [0.15, 0.2) is 0 Å². The summed E-state index contributed by atoms with van der Waals surface area (Å²) in [4.78, 5) is 2.60. The number of rotatable bonds is 8. The van der Waals surface area contributed by atoms with Crippen molar-refractivity contribution in [3.05, 3.63) is 0 Å². The molecule has 1 atom stereocenters. The fourth-order valence-corrected chi connectivity index (χ4v) is 2.30. The van der Waals surface area contributed by atoms with E-state index in [2.05, 4.69) is 58.8 Å². The molecule has 0 spiro atoms. The molecule has 0 heterocycles. The third-order valence-electron chi connectivity index (χ3n) is 3.95. The van der Waals surface area contributed by atoms with Crippen molar-refractivity contribution in [3.8, 4) is 0 Å². The lowest BCUT2D eigenvalue weighted by Gasteiger charge is -2.36. The number of nitrogens with one attached hydrogen (secondary N) is 1. The molecule has 2 heteroatoms. The Morgan fingerprint density at radius 1 is 1.00 bits per heavy atom. The van der Waals surface area contributed by atoms with Crippen molar-refractivity contribution < 1.29 is 0 Å². The summed E-state index contributed by atoms with van der Waals surface area (Å²) in [5.41, 5.74) is 0.329. The average Bonchev–Trinajstić information content (AvgIpc) is 2.28. The predicted molar refractivity (Wildman–Crippen MR) is 78.5 cm³/mol. The smallest absolute Gasteiger partial charge is 0.0240 e. The van der Waals surface area contributed by atoms with Crippen molar-refractivity contribution in [1.29, 1.82) is 0 Å². The third kappa shape index (κ3) is 6.42. The van der Waals surface area contributed by atoms with Gasteiger partial charge < -0.3 is 10.2 Å². The van der Waals surface area contributed by atoms with Crippen LogP contribution >= 0.6 is 0 Å². The molecule has 0 rings (SSSR count). The van der Waals surface area contributed by atoms with Crippen LogP contribution in [0.5, 0.6) is 0 Å². The molecular weight excluding hydrogens is 208 g/mol. The molecule has 104 valence electrons. The summed E-state index contributed by atoms with van der Waals surface area (Å²) in [6.07, 6.45) is 2.60. The Kier molecular flexibility index (Phi) is 8.06. The Bertz CT molecular complexity index is 180. The molecule has 0 saturated heterocycles. The van der Waals surface area contributed by atoms with Crippen molar-refractivity contribution in [1.82, 2.24) is 10.2 Å². The predicted octanol–water partition coefficient (Wildman–Crippen LogP) is 3.38. The molecule has 17 heavy (non-hydrogen) atoms. The molecule has 2 nitrogen and oxygen atoms in total. The Morgan fingerprint density at radius 3 is 1.82 bits per heavy atom. The zero-order valence-electron chi connectivity index (χ0n) is 13.1. The Balaban J connectivity index is 4.37. The second kappa shape index (κ2) is 8.10. The molecule has 0 aromatic carbocycles. The summed E-state index contributed by atoms with van der Waals surface area (Å²) in [7, 11) is 2.08. The summed E-state index contributed by atoms with van der Waals surface area (Å²) in [6.45, 7) is 17.4. The molecular formula is C15H34N2. The van der Waals surface area contributed by atoms with Crippen LogP contribution in [0, 0.1) is 11.3 Å². The van der Waals surface area contributed by atoms with E-state index in [-0.39, 0.29) is 0 Å². The maximum atomic E-state index is 3.47. The molecule has 0 amide bonds. The molecule has 0 radical (unpaired) electrons. The van der Waals surface area contributed by atoms with E-state index in [4.69, 9.17) is 0 Å². The van der Waals surface area contributed by atoms with E-state index in [1.165, 1.54) is 19.4 Å². The fourth-order valence-electron chi connectivity index (χ4n) is 2.30. The minimum atomic E-state index is 0.329. The monoisotopic (exact) mass is 242 g/mol. The maximum Gasteiger partial charge on any atom is 0.0240 e. The molecule has 0 aromatic rings. The van der Waals surface area contributed by atoms with Crippen LogP contribution < -0.4 is 5.32 Å². The normalized spacial score (nSPS) is 14.6. The van der Waals surface area contributed by atoms with Crippen molar-refractivity contribution in [3.63, 3.8) is 0 Å². The molecule has 0 fully saturated rings. The summed E-state index contributed by atoms with van der Waals surface area (Å²) in [6, 6.07) is 0.566. The topological polar surface area (TPSA) is 15.3 Å². The summed E-state index contributed by atoms with van der Waals surface area (Å²) in [5, 5.41) is 3.47. The van der Waals surface area contributed by atoms with E-state index in [9.17, 15) is 0 Å². The van der Waals surface area contributed by atoms with Gasteiger partial charge in [-0.15, -0.1) is 0 Å². The van der Waals surface area contributed by atoms with Crippen LogP contribution in [0.2, 0.25) is 0 Å². The minimum absolute atomic E-state index is 0.329. The maximum absolute atomic E-state index is 3.47. The first-order chi connectivity index (χ1) is 7.88. The van der Waals surface area contributed by atoms with Crippen molar-refractivity contribution >= 4 is 0 Å². The molecule has 0 aliphatic carbocycles. The van der Waals surface area contributed by atoms with Gasteiger partial charge in [0.25, 0.3) is 0 Å². The molecule has 1 unspecified atom stereocenters. The van der Waals surface area contributed by atoms with E-state index in [1.807, 2.05) is 0 Å². The minimum Gasteiger partial charge on any atom is -0.315 e. The summed E-state index contributed by atoms with van der Waals surface area (Å²) in [5.74, 6) is 0.854. The van der Waals surface area contributed by atoms with Gasteiger partial charge in [0, 0.05) is 19.1 Å². The van der Waals surface area contributed by atoms with Crippen LogP contribution in [-0.4, -0.2) is 37.6 Å². The number of likely N-dealkylation sites (N-methyl/N-ethyl adjacent to an activating group) is 2. The summed E-state index contributed by atoms with van der Waals surface area (Å²) < 4.78 is 0. The van der Waals surface area contributed by atoms with Gasteiger partial charge >= 0.3 is 0 Å². The molecule has 0 aliphatic rings. The molecule has 1 N–H and O–H groups in total. The van der Waals surface area contributed by atoms with Crippen molar-refractivity contribution in [2.24, 2.45) is 11.3 Å². The van der Waals surface area contributed by atoms with Gasteiger partial charge in [-0.2, -0.15) is 0 Å². The van der Waals surface area contributed by atoms with E-state index >= 15 is 0 Å². The zero-order chi connectivity index (χ0) is 13.5. The van der Waals surface area contributed by atoms with Crippen LogP contribution in [0.25, 0.3) is 0 Å². The number of hydrogen-bond donors (Lipinski definition) is 1. The van der Waals surface area contributed by atoms with E-state index in [0.717, 1.165) is 19.0 Å². The van der Waals surface area contributed by atoms with Crippen molar-refractivity contribution in [2.75, 3.05) is 26.7 Å². The largest absolute Gasteiger partial charge is 0.315 e. The van der Waals surface area contributed by atoms with Gasteiger partial charge in [0.1, 0.15) is 0 Å². The summed E-state index contributed by atoms with van der Waals surface area (Å²) >= 11 is 0. The van der Waals surface area contributed by atoms with Crippen LogP contribution in [0.1, 0.15) is 54.4 Å². The first-order valence-corrected chi connectivity index (χ1v) is 7.28. The first kappa shape index (κ1) is 16.9. The van der Waals surface area contributed by atoms with Crippen LogP contribution in [-0.2, 0) is 0 Å². The van der Waals surface area contributed by atoms with Gasteiger partial charge in [-0.25, -0.2) is 0 Å². The molecule has 0 bridgehead atoms. The molecule has 0 aromatic heterocycles. The average molecular weight is 242 g/mol. The van der Waals surface area contributed by atoms with E-state index in [1.54, 1.807) is 0 Å². The van der Waals surface area contributed by atoms with Gasteiger partial charge in [-0.3, -0.25) is 0 Å². The molecule has 0 aliphatic heterocycles. The first-order valence-electron chi connectivity index (χ1n) is 7.28. The number of nitrogens with zero attached hydrogens (tertiary/aromatic N) is 1. The highest BCUT2D eigenvalue weighted by Gasteiger charge is 2.25. The van der Waals surface area contributed by atoms with Crippen LogP contribution in [0.3, 0.4) is 0 Å². The Hall–Kier alpha value is -0.0800. The highest BCUT2D eigenvalue weighted by molar-refractivity contribution is 4.82. The van der Waals surface area contributed by atoms with Crippen molar-refractivity contribution in [2.45, 2.75) is 60.4 Å². The van der Waals surface area contributed by atoms with Gasteiger partial charge in [0.2, 0.25) is 0 Å². The van der Waals surface area contributed by atoms with Crippen LogP contribution in [0.4, 0.5) is 0 Å². The van der Waals surface area contributed by atoms with E-state index < -0.39 is 0 Å². The Morgan fingerprint density at radius 2 is 1.53 bits per heavy atom. The van der Waals surface area contributed by atoms with E-state index in [0.29, 0.717) is 11.5 Å². The van der Waals surface area contributed by atoms with Gasteiger partial charge in [0.15, 0.2) is 0 Å².